The Morgan fingerprint density at radius 3 is 2.43 bits per heavy atom. The lowest BCUT2D eigenvalue weighted by atomic mass is 9.82. The van der Waals surface area contributed by atoms with Crippen LogP contribution in [0.25, 0.3) is 0 Å². The van der Waals surface area contributed by atoms with Crippen molar-refractivity contribution in [2.75, 3.05) is 13.7 Å². The summed E-state index contributed by atoms with van der Waals surface area (Å²) in [5.41, 5.74) is 0.992. The smallest absolute Gasteiger partial charge is 0.124 e. The predicted molar refractivity (Wildman–Crippen MR) is 90.1 cm³/mol. The first-order valence-corrected chi connectivity index (χ1v) is 8.28. The minimum atomic E-state index is -0.210. The Hall–Kier alpha value is -0.450. The van der Waals surface area contributed by atoms with E-state index in [9.17, 15) is 4.39 Å². The molecule has 2 nitrogen and oxygen atoms in total. The number of ether oxygens (including phenoxy) is 1. The number of nitrogens with one attached hydrogen (secondary N) is 1. The van der Waals surface area contributed by atoms with Gasteiger partial charge in [-0.2, -0.15) is 0 Å². The van der Waals surface area contributed by atoms with E-state index < -0.39 is 0 Å². The first kappa shape index (κ1) is 18.6. The van der Waals surface area contributed by atoms with Crippen molar-refractivity contribution in [2.45, 2.75) is 52.7 Å². The fourth-order valence-corrected chi connectivity index (χ4v) is 3.23. The lowest BCUT2D eigenvalue weighted by molar-refractivity contribution is -0.0109. The number of benzene rings is 1. The van der Waals surface area contributed by atoms with E-state index in [2.05, 4.69) is 48.9 Å². The lowest BCUT2D eigenvalue weighted by Gasteiger charge is -2.36. The van der Waals surface area contributed by atoms with E-state index in [0.717, 1.165) is 29.4 Å². The van der Waals surface area contributed by atoms with Gasteiger partial charge in [0.2, 0.25) is 0 Å². The van der Waals surface area contributed by atoms with Crippen LogP contribution in [0, 0.1) is 11.2 Å². The Morgan fingerprint density at radius 1 is 1.29 bits per heavy atom. The van der Waals surface area contributed by atoms with Crippen LogP contribution in [-0.4, -0.2) is 25.8 Å². The van der Waals surface area contributed by atoms with Gasteiger partial charge in [-0.15, -0.1) is 0 Å². The third-order valence-corrected chi connectivity index (χ3v) is 3.97. The molecule has 0 heterocycles. The van der Waals surface area contributed by atoms with Crippen LogP contribution in [0.1, 0.15) is 39.7 Å². The van der Waals surface area contributed by atoms with E-state index >= 15 is 0 Å². The van der Waals surface area contributed by atoms with Gasteiger partial charge in [0.25, 0.3) is 0 Å². The molecule has 0 saturated carbocycles. The molecule has 0 bridgehead atoms. The number of rotatable bonds is 7. The SMILES string of the molecule is CCCNC(Cc1cc(F)cc(Br)c1)C(OC)C(C)(C)C. The van der Waals surface area contributed by atoms with Gasteiger partial charge < -0.3 is 10.1 Å². The zero-order valence-electron chi connectivity index (χ0n) is 13.7. The van der Waals surface area contributed by atoms with Crippen molar-refractivity contribution in [3.63, 3.8) is 0 Å². The first-order valence-electron chi connectivity index (χ1n) is 7.49. The second kappa shape index (κ2) is 8.25. The Labute approximate surface area is 136 Å². The van der Waals surface area contributed by atoms with Crippen LogP contribution in [0.4, 0.5) is 4.39 Å². The van der Waals surface area contributed by atoms with Gasteiger partial charge in [-0.1, -0.05) is 43.6 Å². The summed E-state index contributed by atoms with van der Waals surface area (Å²) < 4.78 is 20.1. The third kappa shape index (κ3) is 6.05. The molecule has 0 amide bonds. The molecule has 4 heteroatoms. The second-order valence-electron chi connectivity index (χ2n) is 6.56. The number of halogens is 2. The first-order chi connectivity index (χ1) is 9.77. The Morgan fingerprint density at radius 2 is 1.95 bits per heavy atom. The van der Waals surface area contributed by atoms with Gasteiger partial charge in [0.1, 0.15) is 5.82 Å². The number of hydrogen-bond acceptors (Lipinski definition) is 2. The molecule has 0 fully saturated rings. The Kier molecular flexibility index (Phi) is 7.31. The van der Waals surface area contributed by atoms with E-state index in [4.69, 9.17) is 4.74 Å². The van der Waals surface area contributed by atoms with Crippen LogP contribution in [0.15, 0.2) is 22.7 Å². The summed E-state index contributed by atoms with van der Waals surface area (Å²) in [5, 5.41) is 3.55. The van der Waals surface area contributed by atoms with Crippen LogP contribution < -0.4 is 5.32 Å². The molecular formula is C17H27BrFNO. The summed E-state index contributed by atoms with van der Waals surface area (Å²) in [7, 11) is 1.75. The topological polar surface area (TPSA) is 21.3 Å². The molecule has 0 aromatic heterocycles. The maximum Gasteiger partial charge on any atom is 0.124 e. The standard InChI is InChI=1S/C17H27BrFNO/c1-6-7-20-15(16(21-5)17(2,3)4)10-12-8-13(18)11-14(19)9-12/h8-9,11,15-16,20H,6-7,10H2,1-5H3. The van der Waals surface area contributed by atoms with E-state index in [1.807, 2.05) is 6.07 Å². The van der Waals surface area contributed by atoms with Crippen molar-refractivity contribution < 1.29 is 9.13 Å². The Bertz CT molecular complexity index is 425. The molecule has 0 radical (unpaired) electrons. The van der Waals surface area contributed by atoms with Crippen molar-refractivity contribution in [3.8, 4) is 0 Å². The van der Waals surface area contributed by atoms with E-state index in [1.165, 1.54) is 6.07 Å². The molecule has 0 aliphatic heterocycles. The van der Waals surface area contributed by atoms with Crippen molar-refractivity contribution in [2.24, 2.45) is 5.41 Å². The second-order valence-corrected chi connectivity index (χ2v) is 7.48. The third-order valence-electron chi connectivity index (χ3n) is 3.51. The zero-order valence-corrected chi connectivity index (χ0v) is 15.3. The van der Waals surface area contributed by atoms with Gasteiger partial charge in [-0.3, -0.25) is 0 Å². The molecule has 1 rings (SSSR count). The van der Waals surface area contributed by atoms with Crippen molar-refractivity contribution in [1.29, 1.82) is 0 Å². The van der Waals surface area contributed by atoms with E-state index in [-0.39, 0.29) is 23.4 Å². The van der Waals surface area contributed by atoms with Gasteiger partial charge in [0, 0.05) is 17.6 Å². The number of hydrogen-bond donors (Lipinski definition) is 1. The normalized spacial score (nSPS) is 15.0. The van der Waals surface area contributed by atoms with E-state index in [1.54, 1.807) is 13.2 Å². The molecular weight excluding hydrogens is 333 g/mol. The average molecular weight is 360 g/mol. The van der Waals surface area contributed by atoms with Gasteiger partial charge in [0.05, 0.1) is 6.10 Å². The fraction of sp³-hybridized carbons (Fsp3) is 0.647. The molecule has 0 aliphatic carbocycles. The highest BCUT2D eigenvalue weighted by Crippen LogP contribution is 2.27. The molecule has 120 valence electrons. The molecule has 0 spiro atoms. The average Bonchev–Trinajstić information content (AvgIpc) is 2.33. The van der Waals surface area contributed by atoms with Crippen molar-refractivity contribution in [3.05, 3.63) is 34.1 Å². The monoisotopic (exact) mass is 359 g/mol. The van der Waals surface area contributed by atoms with Crippen LogP contribution in [0.5, 0.6) is 0 Å². The van der Waals surface area contributed by atoms with Gasteiger partial charge in [-0.05, 0) is 48.6 Å². The molecule has 2 unspecified atom stereocenters. The van der Waals surface area contributed by atoms with Crippen LogP contribution in [-0.2, 0) is 11.2 Å². The molecule has 1 aromatic rings. The zero-order chi connectivity index (χ0) is 16.0. The highest BCUT2D eigenvalue weighted by atomic mass is 79.9. The summed E-state index contributed by atoms with van der Waals surface area (Å²) in [4.78, 5) is 0. The molecule has 0 saturated heterocycles. The summed E-state index contributed by atoms with van der Waals surface area (Å²) in [6.45, 7) is 9.58. The van der Waals surface area contributed by atoms with Crippen LogP contribution >= 0.6 is 15.9 Å². The molecule has 1 N–H and O–H groups in total. The molecule has 2 atom stereocenters. The highest BCUT2D eigenvalue weighted by Gasteiger charge is 2.32. The van der Waals surface area contributed by atoms with Crippen molar-refractivity contribution in [1.82, 2.24) is 5.32 Å². The van der Waals surface area contributed by atoms with Gasteiger partial charge in [-0.25, -0.2) is 4.39 Å². The summed E-state index contributed by atoms with van der Waals surface area (Å²) >= 11 is 3.36. The van der Waals surface area contributed by atoms with Crippen LogP contribution in [0.2, 0.25) is 0 Å². The summed E-state index contributed by atoms with van der Waals surface area (Å²) in [6, 6.07) is 5.21. The number of methoxy groups -OCH3 is 1. The predicted octanol–water partition coefficient (Wildman–Crippen LogP) is 4.56. The van der Waals surface area contributed by atoms with Gasteiger partial charge >= 0.3 is 0 Å². The Balaban J connectivity index is 2.96. The van der Waals surface area contributed by atoms with Crippen molar-refractivity contribution >= 4 is 15.9 Å². The minimum absolute atomic E-state index is 0.0186. The van der Waals surface area contributed by atoms with Crippen LogP contribution in [0.3, 0.4) is 0 Å². The lowest BCUT2D eigenvalue weighted by Crippen LogP contribution is -2.49. The summed E-state index contributed by atoms with van der Waals surface area (Å²) in [6.07, 6.45) is 1.86. The van der Waals surface area contributed by atoms with E-state index in [0.29, 0.717) is 0 Å². The fourth-order valence-electron chi connectivity index (χ4n) is 2.72. The molecule has 1 aromatic carbocycles. The summed E-state index contributed by atoms with van der Waals surface area (Å²) in [5.74, 6) is -0.210. The molecule has 0 aliphatic rings. The van der Waals surface area contributed by atoms with Gasteiger partial charge in [0.15, 0.2) is 0 Å². The minimum Gasteiger partial charge on any atom is -0.379 e. The molecule has 21 heavy (non-hydrogen) atoms. The maximum atomic E-state index is 13.6. The highest BCUT2D eigenvalue weighted by molar-refractivity contribution is 9.10. The quantitative estimate of drug-likeness (QED) is 0.770. The largest absolute Gasteiger partial charge is 0.379 e. The maximum absolute atomic E-state index is 13.6.